The Morgan fingerprint density at radius 3 is 2.17 bits per heavy atom. The van der Waals surface area contributed by atoms with Crippen molar-refractivity contribution >= 4 is 16.9 Å². The summed E-state index contributed by atoms with van der Waals surface area (Å²) < 4.78 is 0. The number of amides is 1. The fraction of sp³-hybridized carbons (Fsp3) is 0.609. The van der Waals surface area contributed by atoms with Crippen molar-refractivity contribution in [1.29, 1.82) is 0 Å². The van der Waals surface area contributed by atoms with Gasteiger partial charge < -0.3 is 15.1 Å². The number of fused-ring (bicyclic) bond motifs is 1. The molecule has 3 rings (SSSR count). The third-order valence-electron chi connectivity index (χ3n) is 5.69. The maximum absolute atomic E-state index is 12.6. The Hall–Kier alpha value is -2.05. The lowest BCUT2D eigenvalue weighted by molar-refractivity contribution is 0.0948. The summed E-state index contributed by atoms with van der Waals surface area (Å²) in [6, 6.07) is 5.62. The molecule has 158 valence electrons. The van der Waals surface area contributed by atoms with Gasteiger partial charge in [0.05, 0.1) is 22.4 Å². The molecule has 1 aromatic heterocycles. The predicted molar refractivity (Wildman–Crippen MR) is 118 cm³/mol. The topological polar surface area (TPSA) is 61.4 Å². The lowest BCUT2D eigenvalue weighted by atomic mass is 10.1. The molecule has 29 heavy (non-hydrogen) atoms. The Balaban J connectivity index is 1.49. The zero-order chi connectivity index (χ0) is 20.6. The van der Waals surface area contributed by atoms with Gasteiger partial charge >= 0.3 is 0 Å². The number of hydrogen-bond acceptors (Lipinski definition) is 5. The van der Waals surface area contributed by atoms with Crippen LogP contribution in [-0.4, -0.2) is 71.5 Å². The molecule has 2 heterocycles. The van der Waals surface area contributed by atoms with Gasteiger partial charge in [0.1, 0.15) is 0 Å². The number of nitrogens with one attached hydrogen (secondary N) is 1. The van der Waals surface area contributed by atoms with Crippen LogP contribution in [0.25, 0.3) is 11.0 Å². The molecule has 1 fully saturated rings. The van der Waals surface area contributed by atoms with Gasteiger partial charge in [-0.05, 0) is 57.0 Å². The maximum Gasteiger partial charge on any atom is 0.251 e. The Bertz CT molecular complexity index is 814. The van der Waals surface area contributed by atoms with Crippen LogP contribution in [-0.2, 0) is 12.8 Å². The summed E-state index contributed by atoms with van der Waals surface area (Å²) in [6.45, 7) is 14.0. The van der Waals surface area contributed by atoms with Crippen molar-refractivity contribution in [2.24, 2.45) is 0 Å². The second kappa shape index (κ2) is 10.6. The molecule has 0 atom stereocenters. The van der Waals surface area contributed by atoms with Crippen LogP contribution in [0.1, 0.15) is 55.4 Å². The van der Waals surface area contributed by atoms with Crippen molar-refractivity contribution in [1.82, 2.24) is 25.1 Å². The van der Waals surface area contributed by atoms with Crippen LogP contribution in [0.3, 0.4) is 0 Å². The molecular weight excluding hydrogens is 362 g/mol. The summed E-state index contributed by atoms with van der Waals surface area (Å²) in [4.78, 5) is 27.0. The van der Waals surface area contributed by atoms with Crippen LogP contribution in [0.4, 0.5) is 0 Å². The minimum atomic E-state index is -0.0286. The largest absolute Gasteiger partial charge is 0.352 e. The van der Waals surface area contributed by atoms with Crippen LogP contribution in [0, 0.1) is 0 Å². The van der Waals surface area contributed by atoms with E-state index < -0.39 is 0 Å². The first kappa shape index (κ1) is 21.7. The summed E-state index contributed by atoms with van der Waals surface area (Å²) in [5, 5.41) is 3.06. The second-order valence-corrected chi connectivity index (χ2v) is 7.82. The molecule has 1 N–H and O–H groups in total. The predicted octanol–water partition coefficient (Wildman–Crippen LogP) is 2.90. The van der Waals surface area contributed by atoms with Gasteiger partial charge in [0.25, 0.3) is 5.91 Å². The van der Waals surface area contributed by atoms with E-state index in [9.17, 15) is 4.79 Å². The lowest BCUT2D eigenvalue weighted by Crippen LogP contribution is -2.47. The monoisotopic (exact) mass is 397 g/mol. The van der Waals surface area contributed by atoms with Gasteiger partial charge in [0.15, 0.2) is 0 Å². The van der Waals surface area contributed by atoms with Crippen LogP contribution in [0.5, 0.6) is 0 Å². The Labute approximate surface area is 174 Å². The van der Waals surface area contributed by atoms with Crippen LogP contribution >= 0.6 is 0 Å². The Morgan fingerprint density at radius 1 is 0.931 bits per heavy atom. The van der Waals surface area contributed by atoms with Gasteiger partial charge in [-0.1, -0.05) is 20.8 Å². The molecule has 6 nitrogen and oxygen atoms in total. The number of aromatic nitrogens is 2. The number of carbonyl (C=O) groups is 1. The molecule has 1 amide bonds. The maximum atomic E-state index is 12.6. The van der Waals surface area contributed by atoms with Crippen molar-refractivity contribution in [2.45, 2.75) is 46.5 Å². The lowest BCUT2D eigenvalue weighted by Gasteiger charge is -2.34. The summed E-state index contributed by atoms with van der Waals surface area (Å²) in [6.07, 6.45) is 3.94. The Kier molecular flexibility index (Phi) is 7.95. The third-order valence-corrected chi connectivity index (χ3v) is 5.69. The fourth-order valence-corrected chi connectivity index (χ4v) is 3.99. The molecule has 0 saturated carbocycles. The van der Waals surface area contributed by atoms with E-state index in [0.717, 1.165) is 74.4 Å². The number of benzene rings is 1. The molecule has 0 spiro atoms. The molecule has 1 saturated heterocycles. The standard InChI is InChI=1S/C23H35N5O/c1-4-11-27-13-15-28(16-14-27)12-7-10-24-23(29)18-8-9-21-22(17-18)26-20(6-3)19(5-2)25-21/h8-9,17H,4-7,10-16H2,1-3H3,(H,24,29). The van der Waals surface area contributed by atoms with Gasteiger partial charge in [-0.2, -0.15) is 0 Å². The van der Waals surface area contributed by atoms with E-state index in [1.807, 2.05) is 18.2 Å². The van der Waals surface area contributed by atoms with Crippen molar-refractivity contribution in [3.8, 4) is 0 Å². The second-order valence-electron chi connectivity index (χ2n) is 7.82. The highest BCUT2D eigenvalue weighted by molar-refractivity contribution is 5.97. The van der Waals surface area contributed by atoms with E-state index >= 15 is 0 Å². The number of nitrogens with zero attached hydrogens (tertiary/aromatic N) is 4. The number of aryl methyl sites for hydroxylation is 2. The van der Waals surface area contributed by atoms with E-state index in [1.54, 1.807) is 0 Å². The minimum absolute atomic E-state index is 0.0286. The molecule has 1 aliphatic rings. The summed E-state index contributed by atoms with van der Waals surface area (Å²) in [5.41, 5.74) is 4.39. The van der Waals surface area contributed by atoms with Crippen molar-refractivity contribution in [2.75, 3.05) is 45.8 Å². The highest BCUT2D eigenvalue weighted by Gasteiger charge is 2.15. The zero-order valence-electron chi connectivity index (χ0n) is 18.2. The van der Waals surface area contributed by atoms with Crippen molar-refractivity contribution in [3.63, 3.8) is 0 Å². The Morgan fingerprint density at radius 2 is 1.55 bits per heavy atom. The number of carbonyl (C=O) groups excluding carboxylic acids is 1. The summed E-state index contributed by atoms with van der Waals surface area (Å²) in [5.74, 6) is -0.0286. The average molecular weight is 398 g/mol. The van der Waals surface area contributed by atoms with Gasteiger partial charge in [0.2, 0.25) is 0 Å². The quantitative estimate of drug-likeness (QED) is 0.659. The van der Waals surface area contributed by atoms with Crippen LogP contribution < -0.4 is 5.32 Å². The van der Waals surface area contributed by atoms with E-state index in [4.69, 9.17) is 9.97 Å². The molecule has 2 aromatic rings. The first-order valence-corrected chi connectivity index (χ1v) is 11.2. The fourth-order valence-electron chi connectivity index (χ4n) is 3.99. The number of piperazine rings is 1. The molecule has 6 heteroatoms. The SMILES string of the molecule is CCCN1CCN(CCCNC(=O)c2ccc3nc(CC)c(CC)nc3c2)CC1. The first-order chi connectivity index (χ1) is 14.1. The molecule has 0 aliphatic carbocycles. The van der Waals surface area contributed by atoms with E-state index in [-0.39, 0.29) is 5.91 Å². The average Bonchev–Trinajstić information content (AvgIpc) is 2.76. The summed E-state index contributed by atoms with van der Waals surface area (Å²) >= 11 is 0. The molecular formula is C23H35N5O. The van der Waals surface area contributed by atoms with Crippen LogP contribution in [0.2, 0.25) is 0 Å². The smallest absolute Gasteiger partial charge is 0.251 e. The normalized spacial score (nSPS) is 15.7. The first-order valence-electron chi connectivity index (χ1n) is 11.2. The van der Waals surface area contributed by atoms with E-state index in [2.05, 4.69) is 35.9 Å². The highest BCUT2D eigenvalue weighted by atomic mass is 16.1. The number of rotatable bonds is 9. The van der Waals surface area contributed by atoms with Crippen molar-refractivity contribution in [3.05, 3.63) is 35.2 Å². The van der Waals surface area contributed by atoms with Gasteiger partial charge in [-0.15, -0.1) is 0 Å². The third kappa shape index (κ3) is 5.73. The van der Waals surface area contributed by atoms with E-state index in [1.165, 1.54) is 13.0 Å². The minimum Gasteiger partial charge on any atom is -0.352 e. The van der Waals surface area contributed by atoms with Gasteiger partial charge in [-0.25, -0.2) is 9.97 Å². The zero-order valence-corrected chi connectivity index (χ0v) is 18.2. The van der Waals surface area contributed by atoms with Crippen LogP contribution in [0.15, 0.2) is 18.2 Å². The number of hydrogen-bond donors (Lipinski definition) is 1. The molecule has 1 aromatic carbocycles. The molecule has 0 radical (unpaired) electrons. The molecule has 0 unspecified atom stereocenters. The van der Waals surface area contributed by atoms with E-state index in [0.29, 0.717) is 12.1 Å². The van der Waals surface area contributed by atoms with Gasteiger partial charge in [-0.3, -0.25) is 4.79 Å². The molecule has 1 aliphatic heterocycles. The highest BCUT2D eigenvalue weighted by Crippen LogP contribution is 2.16. The summed E-state index contributed by atoms with van der Waals surface area (Å²) in [7, 11) is 0. The van der Waals surface area contributed by atoms with Crippen molar-refractivity contribution < 1.29 is 4.79 Å². The molecule has 0 bridgehead atoms. The van der Waals surface area contributed by atoms with Gasteiger partial charge in [0, 0.05) is 38.3 Å².